The van der Waals surface area contributed by atoms with Crippen LogP contribution in [0.15, 0.2) is 28.9 Å². The van der Waals surface area contributed by atoms with Crippen molar-refractivity contribution in [1.29, 1.82) is 0 Å². The third kappa shape index (κ3) is 3.90. The van der Waals surface area contributed by atoms with Crippen molar-refractivity contribution < 1.29 is 4.42 Å². The highest BCUT2D eigenvalue weighted by molar-refractivity contribution is 5.10. The van der Waals surface area contributed by atoms with Gasteiger partial charge in [0, 0.05) is 38.4 Å². The molecule has 0 spiro atoms. The average Bonchev–Trinajstić information content (AvgIpc) is 3.15. The van der Waals surface area contributed by atoms with Gasteiger partial charge in [-0.15, -0.1) is 10.2 Å². The summed E-state index contributed by atoms with van der Waals surface area (Å²) in [6.07, 6.45) is 6.01. The molecular formula is C16H23N5O. The summed E-state index contributed by atoms with van der Waals surface area (Å²) in [4.78, 5) is 8.91. The highest BCUT2D eigenvalue weighted by Crippen LogP contribution is 2.17. The minimum absolute atomic E-state index is 0.560. The standard InChI is InChI=1S/C16H23N5O/c1-13-18-19-16(22-13)12-20(2)15-6-10-21(11-15)9-5-14-3-7-17-8-4-14/h3-4,7-8,15H,5-6,9-12H2,1-2H3/t15-/m0/s1. The van der Waals surface area contributed by atoms with Crippen LogP contribution < -0.4 is 0 Å². The van der Waals surface area contributed by atoms with Crippen LogP contribution >= 0.6 is 0 Å². The SMILES string of the molecule is Cc1nnc(CN(C)[C@H]2CCN(CCc3ccncc3)C2)o1. The number of hydrogen-bond acceptors (Lipinski definition) is 6. The maximum absolute atomic E-state index is 5.46. The van der Waals surface area contributed by atoms with Crippen molar-refractivity contribution in [2.75, 3.05) is 26.7 Å². The lowest BCUT2D eigenvalue weighted by Gasteiger charge is -2.23. The minimum Gasteiger partial charge on any atom is -0.424 e. The van der Waals surface area contributed by atoms with Gasteiger partial charge in [-0.3, -0.25) is 9.88 Å². The first-order chi connectivity index (χ1) is 10.7. The molecule has 2 aromatic heterocycles. The highest BCUT2D eigenvalue weighted by atomic mass is 16.4. The summed E-state index contributed by atoms with van der Waals surface area (Å²) in [5.41, 5.74) is 1.35. The van der Waals surface area contributed by atoms with E-state index in [4.69, 9.17) is 4.42 Å². The largest absolute Gasteiger partial charge is 0.424 e. The summed E-state index contributed by atoms with van der Waals surface area (Å²) in [5.74, 6) is 1.34. The Kier molecular flexibility index (Phi) is 4.80. The van der Waals surface area contributed by atoms with Crippen LogP contribution in [0.3, 0.4) is 0 Å². The number of hydrogen-bond donors (Lipinski definition) is 0. The molecular weight excluding hydrogens is 278 g/mol. The van der Waals surface area contributed by atoms with Crippen molar-refractivity contribution in [1.82, 2.24) is 25.0 Å². The first-order valence-electron chi connectivity index (χ1n) is 7.81. The second-order valence-electron chi connectivity index (χ2n) is 5.98. The second kappa shape index (κ2) is 6.98. The van der Waals surface area contributed by atoms with Crippen LogP contribution in [-0.4, -0.2) is 57.7 Å². The highest BCUT2D eigenvalue weighted by Gasteiger charge is 2.26. The second-order valence-corrected chi connectivity index (χ2v) is 5.98. The van der Waals surface area contributed by atoms with Crippen LogP contribution in [0.4, 0.5) is 0 Å². The summed E-state index contributed by atoms with van der Waals surface area (Å²) in [6, 6.07) is 4.75. The Labute approximate surface area is 131 Å². The van der Waals surface area contributed by atoms with E-state index in [0.717, 1.165) is 32.6 Å². The Morgan fingerprint density at radius 2 is 2.14 bits per heavy atom. The summed E-state index contributed by atoms with van der Waals surface area (Å²) < 4.78 is 5.46. The van der Waals surface area contributed by atoms with Gasteiger partial charge in [0.15, 0.2) is 0 Å². The van der Waals surface area contributed by atoms with Crippen molar-refractivity contribution in [3.05, 3.63) is 41.9 Å². The maximum atomic E-state index is 5.46. The lowest BCUT2D eigenvalue weighted by molar-refractivity contribution is 0.206. The van der Waals surface area contributed by atoms with Crippen molar-refractivity contribution in [2.45, 2.75) is 32.4 Å². The zero-order valence-corrected chi connectivity index (χ0v) is 13.3. The Morgan fingerprint density at radius 1 is 1.32 bits per heavy atom. The summed E-state index contributed by atoms with van der Waals surface area (Å²) >= 11 is 0. The molecule has 118 valence electrons. The molecule has 1 atom stereocenters. The zero-order chi connectivity index (χ0) is 15.4. The van der Waals surface area contributed by atoms with Crippen LogP contribution in [0.2, 0.25) is 0 Å². The molecule has 2 aromatic rings. The molecule has 0 N–H and O–H groups in total. The van der Waals surface area contributed by atoms with Gasteiger partial charge in [0.25, 0.3) is 0 Å². The first kappa shape index (κ1) is 15.1. The number of nitrogens with zero attached hydrogens (tertiary/aromatic N) is 5. The Balaban J connectivity index is 1.45. The van der Waals surface area contributed by atoms with E-state index in [9.17, 15) is 0 Å². The van der Waals surface area contributed by atoms with E-state index in [1.54, 1.807) is 0 Å². The van der Waals surface area contributed by atoms with Crippen LogP contribution in [0, 0.1) is 6.92 Å². The van der Waals surface area contributed by atoms with Gasteiger partial charge in [0.1, 0.15) is 0 Å². The van der Waals surface area contributed by atoms with Gasteiger partial charge in [-0.25, -0.2) is 0 Å². The van der Waals surface area contributed by atoms with E-state index in [-0.39, 0.29) is 0 Å². The van der Waals surface area contributed by atoms with Gasteiger partial charge in [-0.05, 0) is 44.1 Å². The normalized spacial score (nSPS) is 19.1. The van der Waals surface area contributed by atoms with Crippen LogP contribution in [-0.2, 0) is 13.0 Å². The molecule has 0 amide bonds. The molecule has 6 nitrogen and oxygen atoms in total. The van der Waals surface area contributed by atoms with Crippen LogP contribution in [0.1, 0.15) is 23.8 Å². The molecule has 0 bridgehead atoms. The minimum atomic E-state index is 0.560. The number of pyridine rings is 1. The summed E-state index contributed by atoms with van der Waals surface area (Å²) in [5, 5.41) is 7.96. The summed E-state index contributed by atoms with van der Waals surface area (Å²) in [7, 11) is 2.14. The molecule has 1 aliphatic rings. The predicted molar refractivity (Wildman–Crippen MR) is 83.3 cm³/mol. The fourth-order valence-electron chi connectivity index (χ4n) is 2.96. The molecule has 6 heteroatoms. The molecule has 3 rings (SSSR count). The van der Waals surface area contributed by atoms with Crippen LogP contribution in [0.5, 0.6) is 0 Å². The number of likely N-dealkylation sites (tertiary alicyclic amines) is 1. The third-order valence-electron chi connectivity index (χ3n) is 4.29. The van der Waals surface area contributed by atoms with E-state index < -0.39 is 0 Å². The van der Waals surface area contributed by atoms with Crippen molar-refractivity contribution in [3.63, 3.8) is 0 Å². The Hall–Kier alpha value is -1.79. The van der Waals surface area contributed by atoms with E-state index >= 15 is 0 Å². The molecule has 0 radical (unpaired) electrons. The topological polar surface area (TPSA) is 58.3 Å². The van der Waals surface area contributed by atoms with Crippen LogP contribution in [0.25, 0.3) is 0 Å². The monoisotopic (exact) mass is 301 g/mol. The molecule has 0 unspecified atom stereocenters. The Morgan fingerprint density at radius 3 is 2.86 bits per heavy atom. The van der Waals surface area contributed by atoms with Crippen molar-refractivity contribution in [2.24, 2.45) is 0 Å². The van der Waals surface area contributed by atoms with Gasteiger partial charge in [-0.1, -0.05) is 0 Å². The molecule has 1 saturated heterocycles. The summed E-state index contributed by atoms with van der Waals surface area (Å²) in [6.45, 7) is 5.92. The average molecular weight is 301 g/mol. The van der Waals surface area contributed by atoms with Gasteiger partial charge in [-0.2, -0.15) is 0 Å². The lowest BCUT2D eigenvalue weighted by Crippen LogP contribution is -2.34. The maximum Gasteiger partial charge on any atom is 0.230 e. The smallest absolute Gasteiger partial charge is 0.230 e. The lowest BCUT2D eigenvalue weighted by atomic mass is 10.2. The molecule has 0 saturated carbocycles. The van der Waals surface area contributed by atoms with Crippen molar-refractivity contribution in [3.8, 4) is 0 Å². The molecule has 1 aliphatic heterocycles. The Bertz CT molecular complexity index is 585. The van der Waals surface area contributed by atoms with E-state index in [1.807, 2.05) is 19.3 Å². The van der Waals surface area contributed by atoms with Gasteiger partial charge in [0.2, 0.25) is 11.8 Å². The molecule has 22 heavy (non-hydrogen) atoms. The molecule has 3 heterocycles. The molecule has 1 fully saturated rings. The van der Waals surface area contributed by atoms with Gasteiger partial charge in [0.05, 0.1) is 6.54 Å². The number of aryl methyl sites for hydroxylation is 1. The van der Waals surface area contributed by atoms with Crippen molar-refractivity contribution >= 4 is 0 Å². The quantitative estimate of drug-likeness (QED) is 0.806. The predicted octanol–water partition coefficient (Wildman–Crippen LogP) is 1.52. The van der Waals surface area contributed by atoms with Gasteiger partial charge >= 0.3 is 0 Å². The van der Waals surface area contributed by atoms with E-state index in [0.29, 0.717) is 17.8 Å². The zero-order valence-electron chi connectivity index (χ0n) is 13.3. The van der Waals surface area contributed by atoms with E-state index in [1.165, 1.54) is 12.0 Å². The van der Waals surface area contributed by atoms with E-state index in [2.05, 4.69) is 44.2 Å². The fraction of sp³-hybridized carbons (Fsp3) is 0.562. The third-order valence-corrected chi connectivity index (χ3v) is 4.29. The number of aromatic nitrogens is 3. The molecule has 0 aliphatic carbocycles. The number of likely N-dealkylation sites (N-methyl/N-ethyl adjacent to an activating group) is 1. The first-order valence-corrected chi connectivity index (χ1v) is 7.81. The van der Waals surface area contributed by atoms with Gasteiger partial charge < -0.3 is 9.32 Å². The fourth-order valence-corrected chi connectivity index (χ4v) is 2.96. The molecule has 0 aromatic carbocycles. The number of rotatable bonds is 6.